The van der Waals surface area contributed by atoms with Crippen LogP contribution in [0, 0.1) is 0 Å². The van der Waals surface area contributed by atoms with Crippen LogP contribution in [0.5, 0.6) is 11.5 Å². The molecule has 4 heteroatoms. The molecule has 0 fully saturated rings. The molecule has 24 heavy (non-hydrogen) atoms. The maximum absolute atomic E-state index is 6.16. The number of ether oxygens (including phenoxy) is 2. The van der Waals surface area contributed by atoms with E-state index in [4.69, 9.17) is 26.8 Å². The van der Waals surface area contributed by atoms with Gasteiger partial charge in [0, 0.05) is 16.5 Å². The largest absolute Gasteiger partial charge is 0.496 e. The van der Waals surface area contributed by atoms with Crippen molar-refractivity contribution < 1.29 is 9.47 Å². The molecule has 0 radical (unpaired) electrons. The molecule has 2 rings (SSSR count). The average Bonchev–Trinajstić information content (AvgIpc) is 2.60. The Labute approximate surface area is 149 Å². The first-order valence-corrected chi connectivity index (χ1v) is 8.81. The van der Waals surface area contributed by atoms with Gasteiger partial charge in [0.25, 0.3) is 0 Å². The van der Waals surface area contributed by atoms with E-state index < -0.39 is 0 Å². The molecule has 0 aromatic heterocycles. The summed E-state index contributed by atoms with van der Waals surface area (Å²) >= 11 is 6.16. The van der Waals surface area contributed by atoms with Gasteiger partial charge < -0.3 is 15.2 Å². The molecule has 130 valence electrons. The third-order valence-electron chi connectivity index (χ3n) is 4.06. The second-order valence-corrected chi connectivity index (χ2v) is 6.31. The van der Waals surface area contributed by atoms with E-state index >= 15 is 0 Å². The van der Waals surface area contributed by atoms with Crippen molar-refractivity contribution in [3.8, 4) is 11.5 Å². The molecule has 0 saturated carbocycles. The van der Waals surface area contributed by atoms with Crippen molar-refractivity contribution in [2.45, 2.75) is 32.1 Å². The number of unbranched alkanes of at least 4 members (excludes halogenated alkanes) is 1. The van der Waals surface area contributed by atoms with Crippen LogP contribution in [0.2, 0.25) is 5.02 Å². The van der Waals surface area contributed by atoms with Crippen molar-refractivity contribution in [1.82, 2.24) is 0 Å². The zero-order valence-electron chi connectivity index (χ0n) is 14.4. The van der Waals surface area contributed by atoms with Gasteiger partial charge in [-0.1, -0.05) is 37.1 Å². The van der Waals surface area contributed by atoms with E-state index in [1.165, 1.54) is 5.56 Å². The maximum atomic E-state index is 6.16. The minimum Gasteiger partial charge on any atom is -0.496 e. The van der Waals surface area contributed by atoms with Crippen LogP contribution in [-0.4, -0.2) is 20.3 Å². The predicted octanol–water partition coefficient (Wildman–Crippen LogP) is 4.81. The Balaban J connectivity index is 2.16. The van der Waals surface area contributed by atoms with Crippen LogP contribution in [0.25, 0.3) is 0 Å². The highest BCUT2D eigenvalue weighted by Gasteiger charge is 2.16. The number of methoxy groups -OCH3 is 1. The van der Waals surface area contributed by atoms with E-state index in [2.05, 4.69) is 19.1 Å². The Morgan fingerprint density at radius 1 is 1.17 bits per heavy atom. The van der Waals surface area contributed by atoms with Crippen LogP contribution in [-0.2, 0) is 6.42 Å². The van der Waals surface area contributed by atoms with E-state index in [9.17, 15) is 0 Å². The predicted molar refractivity (Wildman–Crippen MR) is 100 cm³/mol. The number of halogens is 1. The standard InChI is InChI=1S/C20H26ClNO2/c1-3-4-10-24-18-7-5-6-15(12-18)11-16(14-22)19-13-17(21)8-9-20(19)23-2/h5-9,12-13,16H,3-4,10-11,14,22H2,1-2H3. The van der Waals surface area contributed by atoms with Crippen LogP contribution >= 0.6 is 11.6 Å². The van der Waals surface area contributed by atoms with E-state index in [0.29, 0.717) is 11.6 Å². The van der Waals surface area contributed by atoms with E-state index in [-0.39, 0.29) is 5.92 Å². The normalized spacial score (nSPS) is 12.0. The second-order valence-electron chi connectivity index (χ2n) is 5.87. The van der Waals surface area contributed by atoms with Gasteiger partial charge in [-0.05, 0) is 55.3 Å². The van der Waals surface area contributed by atoms with Crippen LogP contribution in [0.3, 0.4) is 0 Å². The summed E-state index contributed by atoms with van der Waals surface area (Å²) in [6.45, 7) is 3.43. The SMILES string of the molecule is CCCCOc1cccc(CC(CN)c2cc(Cl)ccc2OC)c1. The Morgan fingerprint density at radius 3 is 2.71 bits per heavy atom. The smallest absolute Gasteiger partial charge is 0.122 e. The lowest BCUT2D eigenvalue weighted by Gasteiger charge is -2.19. The first-order chi connectivity index (χ1) is 11.7. The van der Waals surface area contributed by atoms with Crippen molar-refractivity contribution in [2.75, 3.05) is 20.3 Å². The summed E-state index contributed by atoms with van der Waals surface area (Å²) in [6.07, 6.45) is 3.01. The Hall–Kier alpha value is -1.71. The van der Waals surface area contributed by atoms with E-state index in [0.717, 1.165) is 42.9 Å². The molecule has 3 nitrogen and oxygen atoms in total. The number of nitrogens with two attached hydrogens (primary N) is 1. The van der Waals surface area contributed by atoms with Gasteiger partial charge in [-0.3, -0.25) is 0 Å². The molecule has 2 aromatic carbocycles. The number of rotatable bonds is 9. The molecule has 0 spiro atoms. The van der Waals surface area contributed by atoms with Gasteiger partial charge in [0.2, 0.25) is 0 Å². The fourth-order valence-corrected chi connectivity index (χ4v) is 2.91. The highest BCUT2D eigenvalue weighted by atomic mass is 35.5. The van der Waals surface area contributed by atoms with Gasteiger partial charge in [0.05, 0.1) is 13.7 Å². The van der Waals surface area contributed by atoms with Gasteiger partial charge in [-0.25, -0.2) is 0 Å². The summed E-state index contributed by atoms with van der Waals surface area (Å²) in [4.78, 5) is 0. The number of hydrogen-bond donors (Lipinski definition) is 1. The molecule has 0 heterocycles. The van der Waals surface area contributed by atoms with Crippen LogP contribution < -0.4 is 15.2 Å². The third-order valence-corrected chi connectivity index (χ3v) is 4.30. The van der Waals surface area contributed by atoms with Crippen molar-refractivity contribution in [3.05, 3.63) is 58.6 Å². The van der Waals surface area contributed by atoms with Gasteiger partial charge in [0.1, 0.15) is 11.5 Å². The number of hydrogen-bond acceptors (Lipinski definition) is 3. The molecule has 0 aliphatic rings. The lowest BCUT2D eigenvalue weighted by atomic mass is 9.91. The molecule has 1 atom stereocenters. The summed E-state index contributed by atoms with van der Waals surface area (Å²) in [5.41, 5.74) is 8.27. The number of benzene rings is 2. The van der Waals surface area contributed by atoms with E-state index in [1.807, 2.05) is 30.3 Å². The van der Waals surface area contributed by atoms with E-state index in [1.54, 1.807) is 7.11 Å². The van der Waals surface area contributed by atoms with Crippen LogP contribution in [0.1, 0.15) is 36.8 Å². The maximum Gasteiger partial charge on any atom is 0.122 e. The Bertz CT molecular complexity index is 645. The molecule has 1 unspecified atom stereocenters. The average molecular weight is 348 g/mol. The lowest BCUT2D eigenvalue weighted by Crippen LogP contribution is -2.16. The van der Waals surface area contributed by atoms with Crippen LogP contribution in [0.4, 0.5) is 0 Å². The highest BCUT2D eigenvalue weighted by molar-refractivity contribution is 6.30. The first kappa shape index (κ1) is 18.6. The highest BCUT2D eigenvalue weighted by Crippen LogP contribution is 2.31. The summed E-state index contributed by atoms with van der Waals surface area (Å²) in [6, 6.07) is 13.9. The molecule has 2 N–H and O–H groups in total. The quantitative estimate of drug-likeness (QED) is 0.662. The molecular formula is C20H26ClNO2. The summed E-state index contributed by atoms with van der Waals surface area (Å²) in [5.74, 6) is 1.88. The summed E-state index contributed by atoms with van der Waals surface area (Å²) in [7, 11) is 1.67. The van der Waals surface area contributed by atoms with Gasteiger partial charge in [0.15, 0.2) is 0 Å². The zero-order chi connectivity index (χ0) is 17.4. The van der Waals surface area contributed by atoms with Crippen molar-refractivity contribution in [2.24, 2.45) is 5.73 Å². The fraction of sp³-hybridized carbons (Fsp3) is 0.400. The molecule has 0 aliphatic heterocycles. The minimum atomic E-state index is 0.143. The molecule has 0 bridgehead atoms. The summed E-state index contributed by atoms with van der Waals surface area (Å²) in [5, 5.41) is 0.695. The molecule has 0 saturated heterocycles. The van der Waals surface area contributed by atoms with Crippen molar-refractivity contribution in [1.29, 1.82) is 0 Å². The van der Waals surface area contributed by atoms with Gasteiger partial charge in [-0.15, -0.1) is 0 Å². The topological polar surface area (TPSA) is 44.5 Å². The minimum absolute atomic E-state index is 0.143. The second kappa shape index (κ2) is 9.55. The molecular weight excluding hydrogens is 322 g/mol. The molecule has 0 aliphatic carbocycles. The third kappa shape index (κ3) is 5.15. The molecule has 2 aromatic rings. The fourth-order valence-electron chi connectivity index (χ4n) is 2.73. The first-order valence-electron chi connectivity index (χ1n) is 8.43. The Kier molecular flexibility index (Phi) is 7.41. The monoisotopic (exact) mass is 347 g/mol. The van der Waals surface area contributed by atoms with Gasteiger partial charge >= 0.3 is 0 Å². The Morgan fingerprint density at radius 2 is 2.00 bits per heavy atom. The van der Waals surface area contributed by atoms with Crippen molar-refractivity contribution >= 4 is 11.6 Å². The molecule has 0 amide bonds. The summed E-state index contributed by atoms with van der Waals surface area (Å²) < 4.78 is 11.3. The lowest BCUT2D eigenvalue weighted by molar-refractivity contribution is 0.309. The van der Waals surface area contributed by atoms with Crippen molar-refractivity contribution in [3.63, 3.8) is 0 Å². The van der Waals surface area contributed by atoms with Crippen LogP contribution in [0.15, 0.2) is 42.5 Å². The van der Waals surface area contributed by atoms with Gasteiger partial charge in [-0.2, -0.15) is 0 Å². The zero-order valence-corrected chi connectivity index (χ0v) is 15.2.